The average Bonchev–Trinajstić information content (AvgIpc) is 2.87. The highest BCUT2D eigenvalue weighted by Gasteiger charge is 2.25. The van der Waals surface area contributed by atoms with Gasteiger partial charge in [-0.1, -0.05) is 18.2 Å². The Labute approximate surface area is 203 Å². The van der Waals surface area contributed by atoms with E-state index in [-0.39, 0.29) is 5.91 Å². The molecule has 1 N–H and O–H groups in total. The van der Waals surface area contributed by atoms with Gasteiger partial charge in [-0.05, 0) is 75.1 Å². The van der Waals surface area contributed by atoms with Gasteiger partial charge in [-0.25, -0.2) is 0 Å². The normalized spacial score (nSPS) is 18.4. The maximum atomic E-state index is 13.5. The highest BCUT2D eigenvalue weighted by molar-refractivity contribution is 5.97. The second kappa shape index (κ2) is 11.5. The molecule has 0 atom stereocenters. The maximum absolute atomic E-state index is 13.5. The summed E-state index contributed by atoms with van der Waals surface area (Å²) >= 11 is 0. The van der Waals surface area contributed by atoms with E-state index in [0.717, 1.165) is 80.8 Å². The zero-order chi connectivity index (χ0) is 23.9. The first kappa shape index (κ1) is 24.3. The van der Waals surface area contributed by atoms with Crippen LogP contribution in [0.2, 0.25) is 0 Å². The van der Waals surface area contributed by atoms with Crippen molar-refractivity contribution in [1.29, 1.82) is 0 Å². The number of methoxy groups -OCH3 is 1. The summed E-state index contributed by atoms with van der Waals surface area (Å²) in [6, 6.07) is 4.67. The molecule has 2 aliphatic rings. The first-order valence-corrected chi connectivity index (χ1v) is 12.5. The molecule has 0 unspecified atom stereocenters. The Morgan fingerprint density at radius 1 is 1.18 bits per heavy atom. The molecule has 0 aliphatic carbocycles. The van der Waals surface area contributed by atoms with Crippen molar-refractivity contribution in [2.24, 2.45) is 0 Å². The predicted molar refractivity (Wildman–Crippen MR) is 136 cm³/mol. The number of hydrogen-bond acceptors (Lipinski definition) is 5. The lowest BCUT2D eigenvalue weighted by Crippen LogP contribution is -2.40. The van der Waals surface area contributed by atoms with Gasteiger partial charge in [0, 0.05) is 44.1 Å². The van der Waals surface area contributed by atoms with E-state index in [9.17, 15) is 4.79 Å². The monoisotopic (exact) mass is 463 g/mol. The first-order valence-electron chi connectivity index (χ1n) is 12.5. The predicted octanol–water partition coefficient (Wildman–Crippen LogP) is 4.77. The number of nitrogens with one attached hydrogen (secondary N) is 1. The molecule has 2 aliphatic heterocycles. The minimum Gasteiger partial charge on any atom is -0.496 e. The fourth-order valence-corrected chi connectivity index (χ4v) is 5.21. The number of hydrogen-bond donors (Lipinski definition) is 1. The molecule has 1 saturated heterocycles. The van der Waals surface area contributed by atoms with Crippen molar-refractivity contribution in [3.63, 3.8) is 0 Å². The van der Waals surface area contributed by atoms with E-state index in [0.29, 0.717) is 18.2 Å². The molecular weight excluding hydrogens is 426 g/mol. The maximum Gasteiger partial charge on any atom is 0.253 e. The number of allylic oxidation sites excluding steroid dienone is 2. The number of pyridine rings is 1. The summed E-state index contributed by atoms with van der Waals surface area (Å²) in [5.41, 5.74) is 6.25. The molecule has 3 heterocycles. The first-order chi connectivity index (χ1) is 16.6. The average molecular weight is 464 g/mol. The molecule has 1 amide bonds. The molecule has 2 aromatic rings. The summed E-state index contributed by atoms with van der Waals surface area (Å²) in [6.45, 7) is 7.14. The van der Waals surface area contributed by atoms with Crippen LogP contribution in [0, 0.1) is 6.92 Å². The van der Waals surface area contributed by atoms with Gasteiger partial charge in [-0.15, -0.1) is 0 Å². The molecule has 182 valence electrons. The van der Waals surface area contributed by atoms with Gasteiger partial charge in [0.15, 0.2) is 0 Å². The number of ether oxygens (including phenoxy) is 2. The van der Waals surface area contributed by atoms with Gasteiger partial charge in [0.05, 0.1) is 24.6 Å². The quantitative estimate of drug-likeness (QED) is 0.662. The molecule has 0 radical (unpaired) electrons. The van der Waals surface area contributed by atoms with Crippen LogP contribution in [0.4, 0.5) is 5.69 Å². The van der Waals surface area contributed by atoms with E-state index in [1.165, 1.54) is 11.1 Å². The highest BCUT2D eigenvalue weighted by Crippen LogP contribution is 2.30. The standard InChI is InChI=1S/C28H37N3O3/c1-4-31(22-11-13-34-14-12-22)26-19-29-17-25-23(26)10-8-6-5-7-9-21-15-20(2)16-27(33-3)24(21)18-30-28(25)32/h6,8,15-17,19,22H,4-5,7,9-14,18H2,1-3H3,(H,30,32)/b8-6+. The lowest BCUT2D eigenvalue weighted by Gasteiger charge is -2.36. The van der Waals surface area contributed by atoms with Gasteiger partial charge < -0.3 is 19.7 Å². The minimum absolute atomic E-state index is 0.0893. The number of anilines is 1. The number of rotatable bonds is 4. The Morgan fingerprint density at radius 3 is 2.76 bits per heavy atom. The second-order valence-electron chi connectivity index (χ2n) is 9.17. The smallest absolute Gasteiger partial charge is 0.253 e. The van der Waals surface area contributed by atoms with Gasteiger partial charge in [-0.3, -0.25) is 9.78 Å². The van der Waals surface area contributed by atoms with Gasteiger partial charge in [0.1, 0.15) is 5.75 Å². The molecule has 6 heteroatoms. The summed E-state index contributed by atoms with van der Waals surface area (Å²) in [6.07, 6.45) is 13.8. The number of fused-ring (bicyclic) bond motifs is 2. The molecule has 1 fully saturated rings. The molecule has 0 spiro atoms. The van der Waals surface area contributed by atoms with Gasteiger partial charge in [0.2, 0.25) is 0 Å². The molecule has 4 rings (SSSR count). The summed E-state index contributed by atoms with van der Waals surface area (Å²) < 4.78 is 11.3. The van der Waals surface area contributed by atoms with E-state index >= 15 is 0 Å². The molecule has 6 nitrogen and oxygen atoms in total. The number of aromatic nitrogens is 1. The van der Waals surface area contributed by atoms with Crippen LogP contribution in [0.25, 0.3) is 0 Å². The molecule has 0 saturated carbocycles. The lowest BCUT2D eigenvalue weighted by molar-refractivity contribution is 0.0845. The van der Waals surface area contributed by atoms with E-state index in [4.69, 9.17) is 9.47 Å². The van der Waals surface area contributed by atoms with E-state index in [1.807, 2.05) is 12.3 Å². The summed E-state index contributed by atoms with van der Waals surface area (Å²) in [5, 5.41) is 3.17. The zero-order valence-corrected chi connectivity index (χ0v) is 20.7. The lowest BCUT2D eigenvalue weighted by atomic mass is 9.98. The Hall–Kier alpha value is -2.86. The molecule has 34 heavy (non-hydrogen) atoms. The van der Waals surface area contributed by atoms with Crippen LogP contribution in [0.15, 0.2) is 36.7 Å². The van der Waals surface area contributed by atoms with Crippen LogP contribution in [-0.4, -0.2) is 43.8 Å². The molecule has 0 bridgehead atoms. The van der Waals surface area contributed by atoms with Crippen LogP contribution < -0.4 is 15.0 Å². The van der Waals surface area contributed by atoms with E-state index in [1.54, 1.807) is 13.3 Å². The van der Waals surface area contributed by atoms with Crippen molar-refractivity contribution >= 4 is 11.6 Å². The third kappa shape index (κ3) is 5.44. The summed E-state index contributed by atoms with van der Waals surface area (Å²) in [4.78, 5) is 20.4. The van der Waals surface area contributed by atoms with Gasteiger partial charge >= 0.3 is 0 Å². The number of carbonyl (C=O) groups is 1. The number of carbonyl (C=O) groups excluding carboxylic acids is 1. The minimum atomic E-state index is -0.0893. The highest BCUT2D eigenvalue weighted by atomic mass is 16.5. The Morgan fingerprint density at radius 2 is 2.00 bits per heavy atom. The fraction of sp³-hybridized carbons (Fsp3) is 0.500. The molecule has 1 aromatic carbocycles. The van der Waals surface area contributed by atoms with Crippen LogP contribution in [0.3, 0.4) is 0 Å². The third-order valence-electron chi connectivity index (χ3n) is 6.96. The van der Waals surface area contributed by atoms with Crippen molar-refractivity contribution in [3.8, 4) is 5.75 Å². The van der Waals surface area contributed by atoms with Gasteiger partial charge in [-0.2, -0.15) is 0 Å². The Kier molecular flexibility index (Phi) is 8.22. The third-order valence-corrected chi connectivity index (χ3v) is 6.96. The summed E-state index contributed by atoms with van der Waals surface area (Å²) in [5.74, 6) is 0.748. The largest absolute Gasteiger partial charge is 0.496 e. The zero-order valence-electron chi connectivity index (χ0n) is 20.7. The van der Waals surface area contributed by atoms with Crippen molar-refractivity contribution in [2.45, 2.75) is 65.0 Å². The topological polar surface area (TPSA) is 63.7 Å². The van der Waals surface area contributed by atoms with Crippen molar-refractivity contribution in [3.05, 3.63) is 64.5 Å². The van der Waals surface area contributed by atoms with Crippen molar-refractivity contribution < 1.29 is 14.3 Å². The van der Waals surface area contributed by atoms with E-state index < -0.39 is 0 Å². The van der Waals surface area contributed by atoms with Crippen LogP contribution >= 0.6 is 0 Å². The van der Waals surface area contributed by atoms with Crippen molar-refractivity contribution in [1.82, 2.24) is 10.3 Å². The second-order valence-corrected chi connectivity index (χ2v) is 9.17. The van der Waals surface area contributed by atoms with Gasteiger partial charge in [0.25, 0.3) is 5.91 Å². The fourth-order valence-electron chi connectivity index (χ4n) is 5.21. The number of aryl methyl sites for hydroxylation is 2. The molecule has 1 aromatic heterocycles. The number of amides is 1. The number of benzene rings is 1. The summed E-state index contributed by atoms with van der Waals surface area (Å²) in [7, 11) is 1.70. The van der Waals surface area contributed by atoms with Crippen LogP contribution in [-0.2, 0) is 24.1 Å². The van der Waals surface area contributed by atoms with Crippen molar-refractivity contribution in [2.75, 3.05) is 31.8 Å². The van der Waals surface area contributed by atoms with E-state index in [2.05, 4.69) is 47.3 Å². The Balaban J connectivity index is 1.70. The van der Waals surface area contributed by atoms with Crippen LogP contribution in [0.1, 0.15) is 65.2 Å². The number of nitrogens with zero attached hydrogens (tertiary/aromatic N) is 2. The van der Waals surface area contributed by atoms with Crippen LogP contribution in [0.5, 0.6) is 5.75 Å². The Bertz CT molecular complexity index is 1030. The SMILES string of the molecule is CCN(c1cncc2c1C/C=C/CCCc1cc(C)cc(OC)c1CNC2=O)C1CCOCC1. The molecular formula is C28H37N3O3.